The first kappa shape index (κ1) is 20.7. The highest BCUT2D eigenvalue weighted by Gasteiger charge is 2.26. The molecular formula is C23H22FNO3S. The Labute approximate surface area is 173 Å². The smallest absolute Gasteiger partial charge is 0.419 e. The summed E-state index contributed by atoms with van der Waals surface area (Å²) in [4.78, 5) is 27.2. The van der Waals surface area contributed by atoms with Crippen LogP contribution in [0.3, 0.4) is 0 Å². The number of ether oxygens (including phenoxy) is 1. The zero-order valence-corrected chi connectivity index (χ0v) is 17.5. The molecule has 0 fully saturated rings. The fourth-order valence-corrected chi connectivity index (χ4v) is 3.44. The lowest BCUT2D eigenvalue weighted by Crippen LogP contribution is -2.34. The summed E-state index contributed by atoms with van der Waals surface area (Å²) in [6.07, 6.45) is -0.609. The van der Waals surface area contributed by atoms with Gasteiger partial charge in [-0.1, -0.05) is 6.07 Å². The molecule has 29 heavy (non-hydrogen) atoms. The van der Waals surface area contributed by atoms with Crippen molar-refractivity contribution in [2.75, 3.05) is 4.90 Å². The topological polar surface area (TPSA) is 46.6 Å². The molecule has 0 spiro atoms. The number of hydrogen-bond acceptors (Lipinski definition) is 4. The van der Waals surface area contributed by atoms with Crippen molar-refractivity contribution in [1.29, 1.82) is 0 Å². The number of hydrogen-bond donors (Lipinski definition) is 0. The van der Waals surface area contributed by atoms with Gasteiger partial charge in [0.25, 0.3) is 0 Å². The largest absolute Gasteiger partial charge is 0.443 e. The van der Waals surface area contributed by atoms with Crippen molar-refractivity contribution in [1.82, 2.24) is 0 Å². The highest BCUT2D eigenvalue weighted by molar-refractivity contribution is 7.08. The predicted molar refractivity (Wildman–Crippen MR) is 114 cm³/mol. The second-order valence-corrected chi connectivity index (χ2v) is 8.41. The van der Waals surface area contributed by atoms with E-state index in [1.165, 1.54) is 40.5 Å². The first-order valence-corrected chi connectivity index (χ1v) is 10.1. The maximum Gasteiger partial charge on any atom is 0.419 e. The van der Waals surface area contributed by atoms with Gasteiger partial charge >= 0.3 is 6.09 Å². The lowest BCUT2D eigenvalue weighted by molar-refractivity contribution is 0.0598. The summed E-state index contributed by atoms with van der Waals surface area (Å²) in [6, 6.07) is 12.5. The highest BCUT2D eigenvalue weighted by atomic mass is 32.1. The van der Waals surface area contributed by atoms with Crippen LogP contribution in [0.2, 0.25) is 0 Å². The van der Waals surface area contributed by atoms with Gasteiger partial charge in [-0.2, -0.15) is 11.3 Å². The van der Waals surface area contributed by atoms with Gasteiger partial charge in [0, 0.05) is 16.5 Å². The number of carbonyl (C=O) groups is 2. The summed E-state index contributed by atoms with van der Waals surface area (Å²) in [7, 11) is 0. The van der Waals surface area contributed by atoms with Gasteiger partial charge < -0.3 is 4.74 Å². The van der Waals surface area contributed by atoms with Gasteiger partial charge in [0.15, 0.2) is 5.78 Å². The average Bonchev–Trinajstić information content (AvgIpc) is 3.17. The number of thiophene rings is 1. The minimum Gasteiger partial charge on any atom is -0.443 e. The van der Waals surface area contributed by atoms with Gasteiger partial charge in [0.1, 0.15) is 11.4 Å². The Balaban J connectivity index is 2.08. The minimum absolute atomic E-state index is 0.117. The number of halogens is 1. The first-order chi connectivity index (χ1) is 13.7. The van der Waals surface area contributed by atoms with E-state index in [9.17, 15) is 14.0 Å². The standard InChI is InChI=1S/C23H22FNO3S/c1-15-5-8-19(13-20(15)21(26)16-11-12-29-14-16)25(22(27)28-23(2,3)4)18-9-6-17(24)7-10-18/h5-14H,1-4H3. The summed E-state index contributed by atoms with van der Waals surface area (Å²) in [5.41, 5.74) is 2.09. The van der Waals surface area contributed by atoms with E-state index in [-0.39, 0.29) is 5.78 Å². The quantitative estimate of drug-likeness (QED) is 0.460. The Morgan fingerprint density at radius 2 is 1.66 bits per heavy atom. The molecule has 0 atom stereocenters. The van der Waals surface area contributed by atoms with Crippen LogP contribution in [0, 0.1) is 12.7 Å². The molecule has 0 saturated carbocycles. The van der Waals surface area contributed by atoms with Crippen LogP contribution >= 0.6 is 11.3 Å². The Morgan fingerprint density at radius 1 is 1.00 bits per heavy atom. The molecule has 3 rings (SSSR count). The number of nitrogens with zero attached hydrogens (tertiary/aromatic N) is 1. The Hall–Kier alpha value is -2.99. The molecule has 0 radical (unpaired) electrons. The summed E-state index contributed by atoms with van der Waals surface area (Å²) < 4.78 is 19.0. The summed E-state index contributed by atoms with van der Waals surface area (Å²) in [5.74, 6) is -0.524. The number of aryl methyl sites for hydroxylation is 1. The molecule has 2 aromatic carbocycles. The van der Waals surface area contributed by atoms with Gasteiger partial charge in [-0.25, -0.2) is 14.1 Å². The van der Waals surface area contributed by atoms with Gasteiger partial charge in [-0.05, 0) is 81.1 Å². The van der Waals surface area contributed by atoms with E-state index in [1.54, 1.807) is 50.4 Å². The van der Waals surface area contributed by atoms with Crippen molar-refractivity contribution in [2.24, 2.45) is 0 Å². The fraction of sp³-hybridized carbons (Fsp3) is 0.217. The van der Waals surface area contributed by atoms with Crippen molar-refractivity contribution >= 4 is 34.6 Å². The molecule has 0 unspecified atom stereocenters. The van der Waals surface area contributed by atoms with E-state index in [0.717, 1.165) is 5.56 Å². The Bertz CT molecular complexity index is 1020. The van der Waals surface area contributed by atoms with Crippen LogP contribution in [0.5, 0.6) is 0 Å². The maximum atomic E-state index is 13.4. The summed E-state index contributed by atoms with van der Waals surface area (Å²) in [6.45, 7) is 7.16. The Morgan fingerprint density at radius 3 is 2.24 bits per heavy atom. The van der Waals surface area contributed by atoms with Crippen LogP contribution in [-0.2, 0) is 4.74 Å². The third-order valence-electron chi connectivity index (χ3n) is 4.17. The molecule has 1 heterocycles. The predicted octanol–water partition coefficient (Wildman–Crippen LogP) is 6.50. The van der Waals surface area contributed by atoms with Crippen LogP contribution in [0.25, 0.3) is 0 Å². The molecule has 1 aromatic heterocycles. The van der Waals surface area contributed by atoms with Gasteiger partial charge in [-0.15, -0.1) is 0 Å². The molecule has 0 N–H and O–H groups in total. The molecule has 0 aliphatic carbocycles. The zero-order valence-electron chi connectivity index (χ0n) is 16.7. The number of ketones is 1. The second kappa shape index (κ2) is 8.17. The van der Waals surface area contributed by atoms with Gasteiger partial charge in [0.05, 0.1) is 11.4 Å². The third-order valence-corrected chi connectivity index (χ3v) is 4.85. The average molecular weight is 411 g/mol. The van der Waals surface area contributed by atoms with Crippen molar-refractivity contribution in [2.45, 2.75) is 33.3 Å². The SMILES string of the molecule is Cc1ccc(N(C(=O)OC(C)(C)C)c2ccc(F)cc2)cc1C(=O)c1ccsc1. The molecule has 150 valence electrons. The van der Waals surface area contributed by atoms with E-state index in [2.05, 4.69) is 0 Å². The minimum atomic E-state index is -0.713. The fourth-order valence-electron chi connectivity index (χ4n) is 2.80. The monoisotopic (exact) mass is 411 g/mol. The lowest BCUT2D eigenvalue weighted by atomic mass is 10.00. The molecule has 0 saturated heterocycles. The van der Waals surface area contributed by atoms with Crippen molar-refractivity contribution in [3.8, 4) is 0 Å². The van der Waals surface area contributed by atoms with Crippen LogP contribution in [0.1, 0.15) is 42.3 Å². The van der Waals surface area contributed by atoms with Crippen LogP contribution < -0.4 is 4.90 Å². The number of benzene rings is 2. The molecule has 0 aliphatic rings. The zero-order chi connectivity index (χ0) is 21.2. The maximum absolute atomic E-state index is 13.4. The van der Waals surface area contributed by atoms with E-state index < -0.39 is 17.5 Å². The second-order valence-electron chi connectivity index (χ2n) is 7.63. The lowest BCUT2D eigenvalue weighted by Gasteiger charge is -2.28. The molecule has 4 nitrogen and oxygen atoms in total. The van der Waals surface area contributed by atoms with E-state index in [1.807, 2.05) is 12.3 Å². The number of anilines is 2. The van der Waals surface area contributed by atoms with Gasteiger partial charge in [0.2, 0.25) is 0 Å². The number of amides is 1. The van der Waals surface area contributed by atoms with Crippen LogP contribution in [-0.4, -0.2) is 17.5 Å². The number of carbonyl (C=O) groups excluding carboxylic acids is 2. The van der Waals surface area contributed by atoms with Crippen LogP contribution in [0.4, 0.5) is 20.6 Å². The molecule has 6 heteroatoms. The summed E-state index contributed by atoms with van der Waals surface area (Å²) in [5, 5.41) is 3.64. The Kier molecular flexibility index (Phi) is 5.84. The van der Waals surface area contributed by atoms with Crippen molar-refractivity contribution < 1.29 is 18.7 Å². The molecule has 1 amide bonds. The molecule has 0 aliphatic heterocycles. The summed E-state index contributed by atoms with van der Waals surface area (Å²) >= 11 is 1.45. The van der Waals surface area contributed by atoms with Crippen LogP contribution in [0.15, 0.2) is 59.3 Å². The first-order valence-electron chi connectivity index (χ1n) is 9.12. The third kappa shape index (κ3) is 4.90. The number of rotatable bonds is 4. The van der Waals surface area contributed by atoms with E-state index in [0.29, 0.717) is 22.5 Å². The molecule has 3 aromatic rings. The van der Waals surface area contributed by atoms with Gasteiger partial charge in [-0.3, -0.25) is 4.79 Å². The van der Waals surface area contributed by atoms with E-state index in [4.69, 9.17) is 4.74 Å². The van der Waals surface area contributed by atoms with Crippen molar-refractivity contribution in [3.63, 3.8) is 0 Å². The molecular weight excluding hydrogens is 389 g/mol. The molecule has 0 bridgehead atoms. The van der Waals surface area contributed by atoms with Crippen molar-refractivity contribution in [3.05, 3.63) is 81.8 Å². The van der Waals surface area contributed by atoms with E-state index >= 15 is 0 Å². The normalized spacial score (nSPS) is 11.2. The highest BCUT2D eigenvalue weighted by Crippen LogP contribution is 2.30.